The maximum atomic E-state index is 13.4. The molecule has 0 saturated carbocycles. The Balaban J connectivity index is 1.84. The summed E-state index contributed by atoms with van der Waals surface area (Å²) in [6, 6.07) is 13.9. The molecule has 0 bridgehead atoms. The number of morpholine rings is 1. The minimum Gasteiger partial charge on any atom is -0.497 e. The summed E-state index contributed by atoms with van der Waals surface area (Å²) >= 11 is 0. The Morgan fingerprint density at radius 2 is 1.79 bits per heavy atom. The second kappa shape index (κ2) is 7.88. The van der Waals surface area contributed by atoms with Crippen LogP contribution in [-0.4, -0.2) is 46.8 Å². The molecule has 1 aliphatic heterocycles. The number of methoxy groups -OCH3 is 1. The Hall–Kier alpha value is -2.84. The number of benzene rings is 2. The van der Waals surface area contributed by atoms with Crippen LogP contribution in [0.5, 0.6) is 5.75 Å². The van der Waals surface area contributed by atoms with Gasteiger partial charge in [0.15, 0.2) is 0 Å². The van der Waals surface area contributed by atoms with Crippen molar-refractivity contribution in [2.45, 2.75) is 16.8 Å². The molecule has 0 radical (unpaired) electrons. The van der Waals surface area contributed by atoms with Crippen LogP contribution in [0.1, 0.15) is 5.56 Å². The van der Waals surface area contributed by atoms with Crippen molar-refractivity contribution >= 4 is 15.7 Å². The summed E-state index contributed by atoms with van der Waals surface area (Å²) in [7, 11) is -2.29. The lowest BCUT2D eigenvalue weighted by molar-refractivity contribution is 0.120. The van der Waals surface area contributed by atoms with E-state index >= 15 is 0 Å². The number of rotatable bonds is 5. The van der Waals surface area contributed by atoms with Crippen LogP contribution in [-0.2, 0) is 14.6 Å². The summed E-state index contributed by atoms with van der Waals surface area (Å²) < 4.78 is 43.4. The first kappa shape index (κ1) is 19.5. The van der Waals surface area contributed by atoms with Gasteiger partial charge >= 0.3 is 0 Å². The van der Waals surface area contributed by atoms with Crippen molar-refractivity contribution in [1.82, 2.24) is 4.98 Å². The predicted molar refractivity (Wildman–Crippen MR) is 108 cm³/mol. The third-order valence-electron chi connectivity index (χ3n) is 4.78. The Kier molecular flexibility index (Phi) is 5.29. The maximum Gasteiger partial charge on any atom is 0.236 e. The summed E-state index contributed by atoms with van der Waals surface area (Å²) in [5.74, 6) is 1.11. The number of sulfone groups is 1. The zero-order valence-electron chi connectivity index (χ0n) is 16.3. The molecular formula is C21H22N2O5S. The highest BCUT2D eigenvalue weighted by Gasteiger charge is 2.32. The van der Waals surface area contributed by atoms with Crippen molar-refractivity contribution in [2.24, 2.45) is 0 Å². The van der Waals surface area contributed by atoms with Gasteiger partial charge in [-0.2, -0.15) is 4.98 Å². The summed E-state index contributed by atoms with van der Waals surface area (Å²) in [6.45, 7) is 3.97. The second-order valence-electron chi connectivity index (χ2n) is 6.78. The van der Waals surface area contributed by atoms with Crippen LogP contribution in [0, 0.1) is 6.92 Å². The number of oxazole rings is 1. The molecule has 0 N–H and O–H groups in total. The topological polar surface area (TPSA) is 81.9 Å². The highest BCUT2D eigenvalue weighted by molar-refractivity contribution is 7.91. The van der Waals surface area contributed by atoms with E-state index < -0.39 is 9.84 Å². The van der Waals surface area contributed by atoms with E-state index in [-0.39, 0.29) is 21.7 Å². The summed E-state index contributed by atoms with van der Waals surface area (Å²) in [4.78, 5) is 6.45. The molecule has 0 spiro atoms. The Labute approximate surface area is 169 Å². The fourth-order valence-electron chi connectivity index (χ4n) is 3.15. The lowest BCUT2D eigenvalue weighted by atomic mass is 10.2. The van der Waals surface area contributed by atoms with Gasteiger partial charge in [-0.15, -0.1) is 0 Å². The molecule has 0 amide bonds. The SMILES string of the molecule is COc1cccc(-c2nc(S(=O)(=O)c3ccc(C)cc3)c(N3CCOCC3)o2)c1. The van der Waals surface area contributed by atoms with Gasteiger partial charge < -0.3 is 18.8 Å². The van der Waals surface area contributed by atoms with Crippen LogP contribution >= 0.6 is 0 Å². The molecule has 4 rings (SSSR count). The van der Waals surface area contributed by atoms with Crippen LogP contribution in [0.3, 0.4) is 0 Å². The molecule has 0 unspecified atom stereocenters. The molecule has 1 aliphatic rings. The standard InChI is InChI=1S/C21H22N2O5S/c1-15-6-8-18(9-7-15)29(24,25)20-21(23-10-12-27-13-11-23)28-19(22-20)16-4-3-5-17(14-16)26-2/h3-9,14H,10-13H2,1-2H3. The highest BCUT2D eigenvalue weighted by Crippen LogP contribution is 2.35. The van der Waals surface area contributed by atoms with E-state index in [4.69, 9.17) is 13.9 Å². The van der Waals surface area contributed by atoms with E-state index in [1.807, 2.05) is 11.8 Å². The highest BCUT2D eigenvalue weighted by atomic mass is 32.2. The first-order chi connectivity index (χ1) is 14.0. The number of nitrogens with zero attached hydrogens (tertiary/aromatic N) is 2. The second-order valence-corrected chi connectivity index (χ2v) is 8.64. The molecule has 3 aromatic rings. The van der Waals surface area contributed by atoms with Gasteiger partial charge in [0.2, 0.25) is 26.6 Å². The van der Waals surface area contributed by atoms with Crippen molar-refractivity contribution in [2.75, 3.05) is 38.3 Å². The lowest BCUT2D eigenvalue weighted by Gasteiger charge is -2.26. The minimum atomic E-state index is -3.86. The van der Waals surface area contributed by atoms with E-state index in [1.54, 1.807) is 55.6 Å². The largest absolute Gasteiger partial charge is 0.497 e. The van der Waals surface area contributed by atoms with Crippen molar-refractivity contribution in [1.29, 1.82) is 0 Å². The van der Waals surface area contributed by atoms with Crippen molar-refractivity contribution < 1.29 is 22.3 Å². The van der Waals surface area contributed by atoms with Crippen LogP contribution in [0.25, 0.3) is 11.5 Å². The Bertz CT molecular complexity index is 1100. The molecule has 1 aromatic heterocycles. The normalized spacial score (nSPS) is 14.8. The van der Waals surface area contributed by atoms with E-state index in [1.165, 1.54) is 0 Å². The smallest absolute Gasteiger partial charge is 0.236 e. The minimum absolute atomic E-state index is 0.0823. The van der Waals surface area contributed by atoms with Gasteiger partial charge in [-0.25, -0.2) is 8.42 Å². The monoisotopic (exact) mass is 414 g/mol. The van der Waals surface area contributed by atoms with E-state index in [0.717, 1.165) is 5.56 Å². The molecule has 1 fully saturated rings. The number of aryl methyl sites for hydroxylation is 1. The van der Waals surface area contributed by atoms with Gasteiger partial charge in [0.05, 0.1) is 25.2 Å². The number of aromatic nitrogens is 1. The maximum absolute atomic E-state index is 13.4. The third-order valence-corrected chi connectivity index (χ3v) is 6.45. The first-order valence-electron chi connectivity index (χ1n) is 9.29. The number of hydrogen-bond acceptors (Lipinski definition) is 7. The zero-order chi connectivity index (χ0) is 20.4. The lowest BCUT2D eigenvalue weighted by Crippen LogP contribution is -2.36. The molecule has 8 heteroatoms. The molecule has 2 heterocycles. The van der Waals surface area contributed by atoms with Gasteiger partial charge in [0.1, 0.15) is 5.75 Å². The molecule has 2 aromatic carbocycles. The zero-order valence-corrected chi connectivity index (χ0v) is 17.1. The number of hydrogen-bond donors (Lipinski definition) is 0. The van der Waals surface area contributed by atoms with E-state index in [2.05, 4.69) is 4.98 Å². The van der Waals surface area contributed by atoms with Crippen molar-refractivity contribution in [3.8, 4) is 17.2 Å². The number of ether oxygens (including phenoxy) is 2. The summed E-state index contributed by atoms with van der Waals surface area (Å²) in [6.07, 6.45) is 0. The van der Waals surface area contributed by atoms with E-state index in [9.17, 15) is 8.42 Å². The first-order valence-corrected chi connectivity index (χ1v) is 10.8. The molecule has 1 saturated heterocycles. The van der Waals surface area contributed by atoms with Gasteiger partial charge in [-0.1, -0.05) is 23.8 Å². The quantitative estimate of drug-likeness (QED) is 0.633. The van der Waals surface area contributed by atoms with Gasteiger partial charge in [-0.3, -0.25) is 0 Å². The summed E-state index contributed by atoms with van der Waals surface area (Å²) in [5, 5.41) is -0.0823. The molecule has 29 heavy (non-hydrogen) atoms. The van der Waals surface area contributed by atoms with E-state index in [0.29, 0.717) is 37.6 Å². The average molecular weight is 414 g/mol. The van der Waals surface area contributed by atoms with Crippen LogP contribution in [0.15, 0.2) is 62.9 Å². The Morgan fingerprint density at radius 3 is 2.48 bits per heavy atom. The van der Waals surface area contributed by atoms with Crippen LogP contribution < -0.4 is 9.64 Å². The third kappa shape index (κ3) is 3.86. The molecule has 152 valence electrons. The molecule has 7 nitrogen and oxygen atoms in total. The fourth-order valence-corrected chi connectivity index (χ4v) is 4.47. The van der Waals surface area contributed by atoms with Crippen molar-refractivity contribution in [3.05, 3.63) is 54.1 Å². The predicted octanol–water partition coefficient (Wildman–Crippen LogP) is 3.33. The molecule has 0 aliphatic carbocycles. The molecular weight excluding hydrogens is 392 g/mol. The summed E-state index contributed by atoms with van der Waals surface area (Å²) in [5.41, 5.74) is 1.62. The van der Waals surface area contributed by atoms with Crippen molar-refractivity contribution in [3.63, 3.8) is 0 Å². The fraction of sp³-hybridized carbons (Fsp3) is 0.286. The average Bonchev–Trinajstić information content (AvgIpc) is 3.21. The van der Waals surface area contributed by atoms with Gasteiger partial charge in [0.25, 0.3) is 0 Å². The van der Waals surface area contributed by atoms with Gasteiger partial charge in [0, 0.05) is 18.7 Å². The van der Waals surface area contributed by atoms with Crippen LogP contribution in [0.2, 0.25) is 0 Å². The number of anilines is 1. The van der Waals surface area contributed by atoms with Gasteiger partial charge in [-0.05, 0) is 37.3 Å². The van der Waals surface area contributed by atoms with Crippen LogP contribution in [0.4, 0.5) is 5.88 Å². The molecule has 0 atom stereocenters. The Morgan fingerprint density at radius 1 is 1.07 bits per heavy atom.